The molecule has 1 aromatic rings. The molecular formula is C13H21NO2. The summed E-state index contributed by atoms with van der Waals surface area (Å²) in [6.07, 6.45) is 1.14. The smallest absolute Gasteiger partial charge is 0.119 e. The van der Waals surface area contributed by atoms with Crippen molar-refractivity contribution in [3.05, 3.63) is 24.3 Å². The second-order valence-corrected chi connectivity index (χ2v) is 3.79. The fraction of sp³-hybridized carbons (Fsp3) is 0.538. The molecule has 1 N–H and O–H groups in total. The first-order chi connectivity index (χ1) is 7.76. The van der Waals surface area contributed by atoms with Crippen molar-refractivity contribution >= 4 is 0 Å². The van der Waals surface area contributed by atoms with Gasteiger partial charge >= 0.3 is 0 Å². The van der Waals surface area contributed by atoms with Gasteiger partial charge in [0.15, 0.2) is 0 Å². The van der Waals surface area contributed by atoms with Crippen molar-refractivity contribution in [2.75, 3.05) is 20.3 Å². The molecule has 0 aliphatic rings. The van der Waals surface area contributed by atoms with Crippen molar-refractivity contribution in [2.45, 2.75) is 26.3 Å². The van der Waals surface area contributed by atoms with Crippen molar-refractivity contribution in [3.8, 4) is 11.5 Å². The van der Waals surface area contributed by atoms with E-state index in [2.05, 4.69) is 19.2 Å². The molecule has 1 rings (SSSR count). The van der Waals surface area contributed by atoms with E-state index >= 15 is 0 Å². The SMILES string of the molecule is CCC(C)NCCOc1ccc(OC)cc1. The molecule has 0 fully saturated rings. The topological polar surface area (TPSA) is 30.5 Å². The molecular weight excluding hydrogens is 202 g/mol. The number of hydrogen-bond donors (Lipinski definition) is 1. The number of nitrogens with one attached hydrogen (secondary N) is 1. The van der Waals surface area contributed by atoms with Gasteiger partial charge in [0.1, 0.15) is 18.1 Å². The maximum atomic E-state index is 5.58. The normalized spacial score (nSPS) is 12.2. The first-order valence-electron chi connectivity index (χ1n) is 5.76. The van der Waals surface area contributed by atoms with Crippen LogP contribution in [0, 0.1) is 0 Å². The molecule has 90 valence electrons. The number of rotatable bonds is 7. The van der Waals surface area contributed by atoms with Gasteiger partial charge in [-0.05, 0) is 37.6 Å². The second-order valence-electron chi connectivity index (χ2n) is 3.79. The Kier molecular flexibility index (Phi) is 5.72. The molecule has 1 unspecified atom stereocenters. The molecule has 16 heavy (non-hydrogen) atoms. The largest absolute Gasteiger partial charge is 0.497 e. The summed E-state index contributed by atoms with van der Waals surface area (Å²) >= 11 is 0. The number of hydrogen-bond acceptors (Lipinski definition) is 3. The van der Waals surface area contributed by atoms with Gasteiger partial charge in [-0.3, -0.25) is 0 Å². The standard InChI is InChI=1S/C13H21NO2/c1-4-11(2)14-9-10-16-13-7-5-12(15-3)6-8-13/h5-8,11,14H,4,9-10H2,1-3H3. The molecule has 0 amide bonds. The minimum absolute atomic E-state index is 0.555. The molecule has 0 radical (unpaired) electrons. The Labute approximate surface area is 97.8 Å². The number of benzene rings is 1. The van der Waals surface area contributed by atoms with Crippen molar-refractivity contribution < 1.29 is 9.47 Å². The van der Waals surface area contributed by atoms with Crippen LogP contribution in [0.2, 0.25) is 0 Å². The minimum Gasteiger partial charge on any atom is -0.497 e. The molecule has 0 bridgehead atoms. The monoisotopic (exact) mass is 223 g/mol. The number of methoxy groups -OCH3 is 1. The molecule has 0 aromatic heterocycles. The minimum atomic E-state index is 0.555. The van der Waals surface area contributed by atoms with Crippen LogP contribution < -0.4 is 14.8 Å². The average molecular weight is 223 g/mol. The first kappa shape index (κ1) is 12.8. The van der Waals surface area contributed by atoms with Gasteiger partial charge in [-0.25, -0.2) is 0 Å². The Bertz CT molecular complexity index is 284. The molecule has 3 nitrogen and oxygen atoms in total. The highest BCUT2D eigenvalue weighted by Gasteiger charge is 1.97. The molecule has 3 heteroatoms. The van der Waals surface area contributed by atoms with Gasteiger partial charge in [-0.1, -0.05) is 6.92 Å². The van der Waals surface area contributed by atoms with Gasteiger partial charge in [0.25, 0.3) is 0 Å². The second kappa shape index (κ2) is 7.12. The van der Waals surface area contributed by atoms with Crippen LogP contribution in [-0.2, 0) is 0 Å². The Morgan fingerprint density at radius 3 is 2.38 bits per heavy atom. The van der Waals surface area contributed by atoms with Crippen LogP contribution in [-0.4, -0.2) is 26.3 Å². The maximum absolute atomic E-state index is 5.58. The summed E-state index contributed by atoms with van der Waals surface area (Å²) in [7, 11) is 1.66. The third-order valence-corrected chi connectivity index (χ3v) is 2.54. The lowest BCUT2D eigenvalue weighted by atomic mass is 10.3. The van der Waals surface area contributed by atoms with Crippen LogP contribution in [0.25, 0.3) is 0 Å². The van der Waals surface area contributed by atoms with E-state index in [4.69, 9.17) is 9.47 Å². The lowest BCUT2D eigenvalue weighted by Gasteiger charge is -2.12. The van der Waals surface area contributed by atoms with E-state index < -0.39 is 0 Å². The maximum Gasteiger partial charge on any atom is 0.119 e. The highest BCUT2D eigenvalue weighted by molar-refractivity contribution is 5.31. The molecule has 0 spiro atoms. The van der Waals surface area contributed by atoms with E-state index in [0.717, 1.165) is 24.5 Å². The van der Waals surface area contributed by atoms with E-state index in [1.54, 1.807) is 7.11 Å². The van der Waals surface area contributed by atoms with Crippen LogP contribution in [0.15, 0.2) is 24.3 Å². The van der Waals surface area contributed by atoms with Gasteiger partial charge in [0.2, 0.25) is 0 Å². The summed E-state index contributed by atoms with van der Waals surface area (Å²) in [5.74, 6) is 1.73. The third-order valence-electron chi connectivity index (χ3n) is 2.54. The molecule has 1 aromatic carbocycles. The molecule has 0 saturated carbocycles. The zero-order valence-electron chi connectivity index (χ0n) is 10.3. The van der Waals surface area contributed by atoms with Crippen LogP contribution in [0.5, 0.6) is 11.5 Å². The highest BCUT2D eigenvalue weighted by Crippen LogP contribution is 2.16. The summed E-state index contributed by atoms with van der Waals surface area (Å²) in [5.41, 5.74) is 0. The third kappa shape index (κ3) is 4.53. The van der Waals surface area contributed by atoms with Crippen molar-refractivity contribution in [1.29, 1.82) is 0 Å². The average Bonchev–Trinajstić information content (AvgIpc) is 2.35. The zero-order chi connectivity index (χ0) is 11.8. The van der Waals surface area contributed by atoms with Gasteiger partial charge in [-0.15, -0.1) is 0 Å². The van der Waals surface area contributed by atoms with E-state index in [0.29, 0.717) is 12.6 Å². The first-order valence-corrected chi connectivity index (χ1v) is 5.76. The molecule has 1 atom stereocenters. The Hall–Kier alpha value is -1.22. The quantitative estimate of drug-likeness (QED) is 0.720. The summed E-state index contributed by atoms with van der Waals surface area (Å²) in [5, 5.41) is 3.38. The Balaban J connectivity index is 2.21. The summed E-state index contributed by atoms with van der Waals surface area (Å²) in [6, 6.07) is 8.19. The molecule has 0 aliphatic heterocycles. The summed E-state index contributed by atoms with van der Waals surface area (Å²) < 4.78 is 10.7. The molecule has 0 aliphatic carbocycles. The van der Waals surface area contributed by atoms with Crippen molar-refractivity contribution in [1.82, 2.24) is 5.32 Å². The predicted molar refractivity (Wildman–Crippen MR) is 66.2 cm³/mol. The lowest BCUT2D eigenvalue weighted by Crippen LogP contribution is -2.29. The van der Waals surface area contributed by atoms with Crippen LogP contribution in [0.4, 0.5) is 0 Å². The van der Waals surface area contributed by atoms with Gasteiger partial charge in [0, 0.05) is 12.6 Å². The fourth-order valence-corrected chi connectivity index (χ4v) is 1.29. The number of ether oxygens (including phenoxy) is 2. The van der Waals surface area contributed by atoms with E-state index in [1.165, 1.54) is 0 Å². The lowest BCUT2D eigenvalue weighted by molar-refractivity contribution is 0.305. The zero-order valence-corrected chi connectivity index (χ0v) is 10.3. The van der Waals surface area contributed by atoms with E-state index in [9.17, 15) is 0 Å². The van der Waals surface area contributed by atoms with Gasteiger partial charge in [-0.2, -0.15) is 0 Å². The summed E-state index contributed by atoms with van der Waals surface area (Å²) in [6.45, 7) is 5.91. The van der Waals surface area contributed by atoms with Crippen LogP contribution in [0.1, 0.15) is 20.3 Å². The highest BCUT2D eigenvalue weighted by atomic mass is 16.5. The van der Waals surface area contributed by atoms with Crippen LogP contribution in [0.3, 0.4) is 0 Å². The van der Waals surface area contributed by atoms with E-state index in [1.807, 2.05) is 24.3 Å². The summed E-state index contributed by atoms with van der Waals surface area (Å²) in [4.78, 5) is 0. The molecule has 0 heterocycles. The fourth-order valence-electron chi connectivity index (χ4n) is 1.29. The predicted octanol–water partition coefficient (Wildman–Crippen LogP) is 2.46. The van der Waals surface area contributed by atoms with Gasteiger partial charge < -0.3 is 14.8 Å². The van der Waals surface area contributed by atoms with Crippen molar-refractivity contribution in [3.63, 3.8) is 0 Å². The van der Waals surface area contributed by atoms with Crippen LogP contribution >= 0.6 is 0 Å². The Morgan fingerprint density at radius 1 is 1.19 bits per heavy atom. The van der Waals surface area contributed by atoms with E-state index in [-0.39, 0.29) is 0 Å². The molecule has 0 saturated heterocycles. The van der Waals surface area contributed by atoms with Gasteiger partial charge in [0.05, 0.1) is 7.11 Å². The Morgan fingerprint density at radius 2 is 1.81 bits per heavy atom. The van der Waals surface area contributed by atoms with Crippen molar-refractivity contribution in [2.24, 2.45) is 0 Å².